The van der Waals surface area contributed by atoms with Crippen LogP contribution in [0.1, 0.15) is 18.4 Å². The van der Waals surface area contributed by atoms with Gasteiger partial charge in [0.2, 0.25) is 0 Å². The number of rotatable bonds is 4. The van der Waals surface area contributed by atoms with Crippen LogP contribution >= 0.6 is 11.8 Å². The number of hydrogen-bond acceptors (Lipinski definition) is 4. The smallest absolute Gasteiger partial charge is 0.321 e. The topological polar surface area (TPSA) is 61.9 Å². The number of ether oxygens (including phenoxy) is 1. The van der Waals surface area contributed by atoms with Gasteiger partial charge in [-0.25, -0.2) is 4.79 Å². The number of hydrogen-bond donors (Lipinski definition) is 1. The Morgan fingerprint density at radius 3 is 2.47 bits per heavy atom. The molecule has 0 aliphatic carbocycles. The molecule has 2 aromatic rings. The lowest BCUT2D eigenvalue weighted by atomic mass is 10.0. The van der Waals surface area contributed by atoms with E-state index in [1.807, 2.05) is 83.1 Å². The Morgan fingerprint density at radius 2 is 1.73 bits per heavy atom. The summed E-state index contributed by atoms with van der Waals surface area (Å²) in [5.74, 6) is 1.64. The van der Waals surface area contributed by atoms with E-state index in [0.717, 1.165) is 36.4 Å². The molecular weight excluding hydrogens is 398 g/mol. The molecule has 158 valence electrons. The molecule has 2 aromatic carbocycles. The molecule has 2 fully saturated rings. The first-order chi connectivity index (χ1) is 14.6. The third-order valence-corrected chi connectivity index (χ3v) is 7.36. The van der Waals surface area contributed by atoms with Crippen molar-refractivity contribution in [3.63, 3.8) is 0 Å². The lowest BCUT2D eigenvalue weighted by Gasteiger charge is -2.44. The Balaban J connectivity index is 1.33. The van der Waals surface area contributed by atoms with Gasteiger partial charge in [0.25, 0.3) is 5.91 Å². The highest BCUT2D eigenvalue weighted by Gasteiger charge is 2.46. The first kappa shape index (κ1) is 20.6. The highest BCUT2D eigenvalue weighted by Crippen LogP contribution is 2.44. The quantitative estimate of drug-likeness (QED) is 0.805. The molecule has 3 amide bonds. The van der Waals surface area contributed by atoms with Gasteiger partial charge in [0.15, 0.2) is 6.61 Å². The summed E-state index contributed by atoms with van der Waals surface area (Å²) in [7, 11) is 0. The third-order valence-electron chi connectivity index (χ3n) is 5.80. The second-order valence-corrected chi connectivity index (χ2v) is 9.13. The van der Waals surface area contributed by atoms with Crippen molar-refractivity contribution in [1.29, 1.82) is 0 Å². The van der Waals surface area contributed by atoms with E-state index in [1.54, 1.807) is 0 Å². The lowest BCUT2D eigenvalue weighted by Crippen LogP contribution is -2.55. The molecule has 4 rings (SSSR count). The number of piperidine rings is 1. The molecule has 6 nitrogen and oxygen atoms in total. The summed E-state index contributed by atoms with van der Waals surface area (Å²) in [6.45, 7) is 4.03. The van der Waals surface area contributed by atoms with Crippen molar-refractivity contribution in [3.8, 4) is 5.75 Å². The fourth-order valence-corrected chi connectivity index (χ4v) is 5.56. The maximum atomic E-state index is 12.9. The fourth-order valence-electron chi connectivity index (χ4n) is 4.08. The van der Waals surface area contributed by atoms with E-state index < -0.39 is 0 Å². The summed E-state index contributed by atoms with van der Waals surface area (Å²) in [5.41, 5.74) is 1.88. The zero-order valence-electron chi connectivity index (χ0n) is 17.2. The molecule has 0 saturated carbocycles. The van der Waals surface area contributed by atoms with E-state index in [-0.39, 0.29) is 23.4 Å². The fraction of sp³-hybridized carbons (Fsp3) is 0.391. The van der Waals surface area contributed by atoms with Gasteiger partial charge in [-0.15, -0.1) is 11.8 Å². The highest BCUT2D eigenvalue weighted by atomic mass is 32.2. The number of likely N-dealkylation sites (tertiary alicyclic amines) is 1. The van der Waals surface area contributed by atoms with Crippen LogP contribution in [0.15, 0.2) is 54.6 Å². The molecule has 1 spiro atoms. The molecule has 0 unspecified atom stereocenters. The van der Waals surface area contributed by atoms with Crippen LogP contribution < -0.4 is 10.1 Å². The largest absolute Gasteiger partial charge is 0.484 e. The number of carbonyl (C=O) groups is 2. The number of urea groups is 1. The molecule has 2 aliphatic heterocycles. The van der Waals surface area contributed by atoms with Gasteiger partial charge in [-0.2, -0.15) is 0 Å². The van der Waals surface area contributed by atoms with Gasteiger partial charge >= 0.3 is 6.03 Å². The first-order valence-electron chi connectivity index (χ1n) is 10.3. The van der Waals surface area contributed by atoms with E-state index in [2.05, 4.69) is 5.32 Å². The summed E-state index contributed by atoms with van der Waals surface area (Å²) in [6.07, 6.45) is 1.55. The Kier molecular flexibility index (Phi) is 6.18. The Morgan fingerprint density at radius 1 is 1.03 bits per heavy atom. The molecule has 2 saturated heterocycles. The summed E-state index contributed by atoms with van der Waals surface area (Å²) < 4.78 is 5.68. The van der Waals surface area contributed by atoms with Crippen LogP contribution in [0.25, 0.3) is 0 Å². The molecule has 0 radical (unpaired) electrons. The lowest BCUT2D eigenvalue weighted by molar-refractivity contribution is -0.136. The molecule has 0 atom stereocenters. The predicted octanol–water partition coefficient (Wildman–Crippen LogP) is 3.97. The normalized spacial score (nSPS) is 17.8. The average Bonchev–Trinajstić information content (AvgIpc) is 3.18. The molecule has 0 aromatic heterocycles. The van der Waals surface area contributed by atoms with Gasteiger partial charge in [0.1, 0.15) is 5.75 Å². The minimum Gasteiger partial charge on any atom is -0.484 e. The number of amides is 3. The molecule has 0 bridgehead atoms. The van der Waals surface area contributed by atoms with Gasteiger partial charge in [-0.3, -0.25) is 4.79 Å². The van der Waals surface area contributed by atoms with E-state index in [9.17, 15) is 9.59 Å². The summed E-state index contributed by atoms with van der Waals surface area (Å²) >= 11 is 1.84. The van der Waals surface area contributed by atoms with Crippen molar-refractivity contribution >= 4 is 29.4 Å². The van der Waals surface area contributed by atoms with Crippen LogP contribution in [0, 0.1) is 6.92 Å². The van der Waals surface area contributed by atoms with Crippen LogP contribution in [0.5, 0.6) is 5.75 Å². The van der Waals surface area contributed by atoms with E-state index in [0.29, 0.717) is 18.8 Å². The van der Waals surface area contributed by atoms with Crippen LogP contribution in [0.3, 0.4) is 0 Å². The molecule has 30 heavy (non-hydrogen) atoms. The van der Waals surface area contributed by atoms with Crippen LogP contribution in [0.4, 0.5) is 10.5 Å². The van der Waals surface area contributed by atoms with Gasteiger partial charge < -0.3 is 19.9 Å². The Hall–Kier alpha value is -2.67. The first-order valence-corrected chi connectivity index (χ1v) is 11.3. The maximum absolute atomic E-state index is 12.9. The third kappa shape index (κ3) is 4.41. The van der Waals surface area contributed by atoms with Gasteiger partial charge in [-0.05, 0) is 43.5 Å². The van der Waals surface area contributed by atoms with E-state index in [1.165, 1.54) is 0 Å². The number of nitrogens with one attached hydrogen (secondary N) is 1. The SMILES string of the molecule is Cc1ccccc1NC(=O)N1CCC2(CC1)SCCN2C(=O)COc1ccccc1. The van der Waals surface area contributed by atoms with E-state index >= 15 is 0 Å². The second-order valence-electron chi connectivity index (χ2n) is 7.67. The van der Waals surface area contributed by atoms with Crippen LogP contribution in [-0.4, -0.2) is 58.6 Å². The minimum atomic E-state index is -0.226. The van der Waals surface area contributed by atoms with E-state index in [4.69, 9.17) is 4.74 Å². The van der Waals surface area contributed by atoms with Crippen LogP contribution in [-0.2, 0) is 4.79 Å². The van der Waals surface area contributed by atoms with Crippen LogP contribution in [0.2, 0.25) is 0 Å². The molecule has 7 heteroatoms. The minimum absolute atomic E-state index is 0.0154. The molecular formula is C23H27N3O3S. The zero-order chi connectivity index (χ0) is 21.0. The second kappa shape index (κ2) is 9.00. The number of carbonyl (C=O) groups excluding carboxylic acids is 2. The number of anilines is 1. The maximum Gasteiger partial charge on any atom is 0.321 e. The number of benzene rings is 2. The number of thioether (sulfide) groups is 1. The summed E-state index contributed by atoms with van der Waals surface area (Å²) in [5, 5.41) is 3.01. The summed E-state index contributed by atoms with van der Waals surface area (Å²) in [4.78, 5) is 29.2. The highest BCUT2D eigenvalue weighted by molar-refractivity contribution is 8.00. The zero-order valence-corrected chi connectivity index (χ0v) is 18.0. The number of nitrogens with zero attached hydrogens (tertiary/aromatic N) is 2. The van der Waals surface area contributed by atoms with Gasteiger partial charge in [-0.1, -0.05) is 36.4 Å². The van der Waals surface area contributed by atoms with Crippen molar-refractivity contribution in [2.75, 3.05) is 37.3 Å². The predicted molar refractivity (Wildman–Crippen MR) is 120 cm³/mol. The number of para-hydroxylation sites is 2. The average molecular weight is 426 g/mol. The summed E-state index contributed by atoms with van der Waals surface area (Å²) in [6, 6.07) is 17.1. The standard InChI is InChI=1S/C23H27N3O3S/c1-18-7-5-6-10-20(18)24-22(28)25-13-11-23(12-14-25)26(15-16-30-23)21(27)17-29-19-8-3-2-4-9-19/h2-10H,11-17H2,1H3,(H,24,28). The molecule has 1 N–H and O–H groups in total. The molecule has 2 heterocycles. The Bertz CT molecular complexity index is 898. The number of aryl methyl sites for hydroxylation is 1. The Labute approximate surface area is 181 Å². The monoisotopic (exact) mass is 425 g/mol. The van der Waals surface area contributed by atoms with Crippen molar-refractivity contribution in [3.05, 3.63) is 60.2 Å². The molecule has 2 aliphatic rings. The van der Waals surface area contributed by atoms with Crippen molar-refractivity contribution in [2.45, 2.75) is 24.6 Å². The van der Waals surface area contributed by atoms with Crippen molar-refractivity contribution in [1.82, 2.24) is 9.80 Å². The van der Waals surface area contributed by atoms with Crippen molar-refractivity contribution < 1.29 is 14.3 Å². The van der Waals surface area contributed by atoms with Crippen molar-refractivity contribution in [2.24, 2.45) is 0 Å². The van der Waals surface area contributed by atoms with Gasteiger partial charge in [0.05, 0.1) is 4.87 Å². The van der Waals surface area contributed by atoms with Gasteiger partial charge in [0, 0.05) is 31.1 Å².